The van der Waals surface area contributed by atoms with Crippen molar-refractivity contribution in [1.82, 2.24) is 5.32 Å². The third kappa shape index (κ3) is 7.35. The van der Waals surface area contributed by atoms with Crippen molar-refractivity contribution in [3.05, 3.63) is 53.6 Å². The van der Waals surface area contributed by atoms with E-state index in [2.05, 4.69) is 5.32 Å². The Morgan fingerprint density at radius 3 is 2.12 bits per heavy atom. The van der Waals surface area contributed by atoms with Gasteiger partial charge in [0.15, 0.2) is 0 Å². The third-order valence-electron chi connectivity index (χ3n) is 3.38. The number of carbonyl (C=O) groups excluding carboxylic acids is 1. The molecule has 2 aromatic carbocycles. The molecule has 0 bridgehead atoms. The molecule has 2 rings (SSSR count). The molecule has 1 N–H and O–H groups in total. The summed E-state index contributed by atoms with van der Waals surface area (Å²) in [6.45, 7) is 1.36. The molecule has 0 aliphatic carbocycles. The number of rotatable bonds is 10. The minimum atomic E-state index is -0.0157. The second kappa shape index (κ2) is 10.5. The summed E-state index contributed by atoms with van der Waals surface area (Å²) < 4.78 is 16.2. The van der Waals surface area contributed by atoms with Crippen LogP contribution in [0, 0.1) is 0 Å². The molecule has 0 fully saturated rings. The number of nitrogens with one attached hydrogen (secondary N) is 1. The first-order valence-electron chi connectivity index (χ1n) is 8.09. The highest BCUT2D eigenvalue weighted by molar-refractivity contribution is 6.30. The van der Waals surface area contributed by atoms with Gasteiger partial charge in [0.2, 0.25) is 5.91 Å². The number of hydrogen-bond donors (Lipinski definition) is 1. The molecule has 0 aliphatic rings. The summed E-state index contributed by atoms with van der Waals surface area (Å²) in [5.74, 6) is 2.26. The summed E-state index contributed by atoms with van der Waals surface area (Å²) in [6.07, 6.45) is 1.06. The summed E-state index contributed by atoms with van der Waals surface area (Å²) in [4.78, 5) is 11.7. The van der Waals surface area contributed by atoms with E-state index in [1.165, 1.54) is 0 Å². The zero-order valence-corrected chi connectivity index (χ0v) is 14.9. The van der Waals surface area contributed by atoms with Crippen molar-refractivity contribution in [2.45, 2.75) is 12.8 Å². The Labute approximate surface area is 152 Å². The van der Waals surface area contributed by atoms with E-state index in [4.69, 9.17) is 25.8 Å². The van der Waals surface area contributed by atoms with Gasteiger partial charge in [-0.05, 0) is 55.0 Å². The van der Waals surface area contributed by atoms with Crippen molar-refractivity contribution in [3.8, 4) is 17.2 Å². The first kappa shape index (κ1) is 18.9. The minimum absolute atomic E-state index is 0.0157. The van der Waals surface area contributed by atoms with Crippen molar-refractivity contribution < 1.29 is 19.0 Å². The maximum Gasteiger partial charge on any atom is 0.220 e. The van der Waals surface area contributed by atoms with E-state index in [9.17, 15) is 4.79 Å². The van der Waals surface area contributed by atoms with Crippen molar-refractivity contribution in [1.29, 1.82) is 0 Å². The summed E-state index contributed by atoms with van der Waals surface area (Å²) in [5, 5.41) is 3.48. The minimum Gasteiger partial charge on any atom is -0.497 e. The molecule has 5 nitrogen and oxygen atoms in total. The Kier molecular flexibility index (Phi) is 7.92. The second-order valence-electron chi connectivity index (χ2n) is 5.28. The lowest BCUT2D eigenvalue weighted by Gasteiger charge is -2.09. The van der Waals surface area contributed by atoms with Crippen LogP contribution in [0.5, 0.6) is 17.2 Å². The van der Waals surface area contributed by atoms with Gasteiger partial charge in [-0.1, -0.05) is 11.6 Å². The fourth-order valence-electron chi connectivity index (χ4n) is 2.07. The molecular formula is C19H22ClNO4. The first-order valence-corrected chi connectivity index (χ1v) is 8.47. The molecule has 1 amide bonds. The van der Waals surface area contributed by atoms with Crippen LogP contribution in [0.2, 0.25) is 5.02 Å². The summed E-state index contributed by atoms with van der Waals surface area (Å²) in [6, 6.07) is 14.5. The van der Waals surface area contributed by atoms with Crippen LogP contribution >= 0.6 is 11.6 Å². The highest BCUT2D eigenvalue weighted by atomic mass is 35.5. The lowest BCUT2D eigenvalue weighted by molar-refractivity contribution is -0.121. The summed E-state index contributed by atoms with van der Waals surface area (Å²) in [7, 11) is 1.62. The Bertz CT molecular complexity index is 643. The maximum absolute atomic E-state index is 11.7. The van der Waals surface area contributed by atoms with Gasteiger partial charge >= 0.3 is 0 Å². The molecule has 25 heavy (non-hydrogen) atoms. The smallest absolute Gasteiger partial charge is 0.220 e. The van der Waals surface area contributed by atoms with Gasteiger partial charge in [0, 0.05) is 11.4 Å². The van der Waals surface area contributed by atoms with Crippen molar-refractivity contribution in [3.63, 3.8) is 0 Å². The van der Waals surface area contributed by atoms with Crippen LogP contribution in [0.4, 0.5) is 0 Å². The fraction of sp³-hybridized carbons (Fsp3) is 0.316. The largest absolute Gasteiger partial charge is 0.497 e. The van der Waals surface area contributed by atoms with Crippen LogP contribution < -0.4 is 19.5 Å². The Morgan fingerprint density at radius 1 is 0.920 bits per heavy atom. The van der Waals surface area contributed by atoms with Gasteiger partial charge in [-0.2, -0.15) is 0 Å². The zero-order valence-electron chi connectivity index (χ0n) is 14.2. The monoisotopic (exact) mass is 363 g/mol. The number of methoxy groups -OCH3 is 1. The number of ether oxygens (including phenoxy) is 3. The van der Waals surface area contributed by atoms with Crippen molar-refractivity contribution >= 4 is 17.5 Å². The predicted molar refractivity (Wildman–Crippen MR) is 97.7 cm³/mol. The number of halogens is 1. The van der Waals surface area contributed by atoms with E-state index in [0.29, 0.717) is 37.6 Å². The number of amides is 1. The number of hydrogen-bond acceptors (Lipinski definition) is 4. The van der Waals surface area contributed by atoms with E-state index in [-0.39, 0.29) is 5.91 Å². The molecule has 0 saturated heterocycles. The van der Waals surface area contributed by atoms with E-state index < -0.39 is 0 Å². The van der Waals surface area contributed by atoms with Gasteiger partial charge in [-0.25, -0.2) is 0 Å². The quantitative estimate of drug-likeness (QED) is 0.654. The number of benzene rings is 2. The van der Waals surface area contributed by atoms with Gasteiger partial charge in [0.1, 0.15) is 23.9 Å². The third-order valence-corrected chi connectivity index (χ3v) is 3.63. The van der Waals surface area contributed by atoms with E-state index in [1.54, 1.807) is 31.4 Å². The van der Waals surface area contributed by atoms with Gasteiger partial charge in [0.05, 0.1) is 20.3 Å². The fourth-order valence-corrected chi connectivity index (χ4v) is 2.20. The molecule has 0 atom stereocenters. The molecule has 0 saturated carbocycles. The van der Waals surface area contributed by atoms with Gasteiger partial charge in [-0.15, -0.1) is 0 Å². The van der Waals surface area contributed by atoms with Gasteiger partial charge in [-0.3, -0.25) is 4.79 Å². The average Bonchev–Trinajstić information content (AvgIpc) is 2.64. The lowest BCUT2D eigenvalue weighted by Crippen LogP contribution is -2.28. The maximum atomic E-state index is 11.7. The molecule has 0 radical (unpaired) electrons. The average molecular weight is 364 g/mol. The van der Waals surface area contributed by atoms with Crippen LogP contribution in [0.1, 0.15) is 12.8 Å². The normalized spacial score (nSPS) is 10.2. The van der Waals surface area contributed by atoms with Crippen LogP contribution in [-0.4, -0.2) is 32.8 Å². The number of carbonyl (C=O) groups is 1. The second-order valence-corrected chi connectivity index (χ2v) is 5.72. The predicted octanol–water partition coefficient (Wildman–Crippen LogP) is 3.70. The van der Waals surface area contributed by atoms with Crippen LogP contribution in [0.15, 0.2) is 48.5 Å². The first-order chi connectivity index (χ1) is 12.2. The molecular weight excluding hydrogens is 342 g/mol. The van der Waals surface area contributed by atoms with E-state index >= 15 is 0 Å². The Balaban J connectivity index is 1.52. The van der Waals surface area contributed by atoms with Crippen LogP contribution in [-0.2, 0) is 4.79 Å². The highest BCUT2D eigenvalue weighted by Gasteiger charge is 2.02. The molecule has 0 spiro atoms. The van der Waals surface area contributed by atoms with Crippen LogP contribution in [0.25, 0.3) is 0 Å². The van der Waals surface area contributed by atoms with E-state index in [1.807, 2.05) is 24.3 Å². The van der Waals surface area contributed by atoms with Crippen molar-refractivity contribution in [2.24, 2.45) is 0 Å². The zero-order chi connectivity index (χ0) is 17.9. The highest BCUT2D eigenvalue weighted by Crippen LogP contribution is 2.17. The Morgan fingerprint density at radius 2 is 1.48 bits per heavy atom. The van der Waals surface area contributed by atoms with Gasteiger partial charge < -0.3 is 19.5 Å². The van der Waals surface area contributed by atoms with Crippen molar-refractivity contribution in [2.75, 3.05) is 26.9 Å². The standard InChI is InChI=1S/C19H22ClNO4/c1-23-16-8-10-18(11-9-16)24-13-2-3-19(22)21-12-14-25-17-6-4-15(20)5-7-17/h4-11H,2-3,12-14H2,1H3,(H,21,22). The topological polar surface area (TPSA) is 56.8 Å². The van der Waals surface area contributed by atoms with E-state index in [0.717, 1.165) is 17.2 Å². The summed E-state index contributed by atoms with van der Waals surface area (Å²) >= 11 is 5.80. The molecule has 134 valence electrons. The molecule has 0 aromatic heterocycles. The molecule has 0 heterocycles. The molecule has 0 aliphatic heterocycles. The molecule has 0 unspecified atom stereocenters. The van der Waals surface area contributed by atoms with Gasteiger partial charge in [0.25, 0.3) is 0 Å². The van der Waals surface area contributed by atoms with Crippen LogP contribution in [0.3, 0.4) is 0 Å². The molecule has 2 aromatic rings. The SMILES string of the molecule is COc1ccc(OCCCC(=O)NCCOc2ccc(Cl)cc2)cc1. The summed E-state index contributed by atoms with van der Waals surface area (Å²) in [5.41, 5.74) is 0. The lowest BCUT2D eigenvalue weighted by atomic mass is 10.3. The Hall–Kier alpha value is -2.40. The molecule has 6 heteroatoms.